The molecular formula is C16H26N2O16P2. The van der Waals surface area contributed by atoms with E-state index >= 15 is 0 Å². The fraction of sp³-hybridized carbons (Fsp3) is 0.750. The zero-order valence-electron chi connectivity index (χ0n) is 18.5. The van der Waals surface area contributed by atoms with Gasteiger partial charge in [0.2, 0.25) is 0 Å². The summed E-state index contributed by atoms with van der Waals surface area (Å²) in [5.74, 6) is 0. The summed E-state index contributed by atoms with van der Waals surface area (Å²) in [7, 11) is -10.9. The van der Waals surface area contributed by atoms with Crippen LogP contribution in [0.4, 0.5) is 0 Å². The van der Waals surface area contributed by atoms with E-state index in [4.69, 9.17) is 14.6 Å². The van der Waals surface area contributed by atoms with Gasteiger partial charge in [-0.05, 0) is 6.92 Å². The molecule has 2 aliphatic rings. The van der Waals surface area contributed by atoms with Crippen molar-refractivity contribution in [1.82, 2.24) is 9.55 Å². The van der Waals surface area contributed by atoms with Gasteiger partial charge in [0, 0.05) is 18.2 Å². The van der Waals surface area contributed by atoms with Gasteiger partial charge in [0.1, 0.15) is 36.7 Å². The summed E-state index contributed by atoms with van der Waals surface area (Å²) in [5.41, 5.74) is -1.27. The maximum atomic E-state index is 12.2. The molecule has 0 bridgehead atoms. The van der Waals surface area contributed by atoms with Crippen LogP contribution in [0.1, 0.15) is 18.2 Å². The van der Waals surface area contributed by atoms with Crippen LogP contribution in [-0.2, 0) is 32.0 Å². The highest BCUT2D eigenvalue weighted by molar-refractivity contribution is 7.61. The van der Waals surface area contributed by atoms with Crippen LogP contribution in [0.25, 0.3) is 0 Å². The Balaban J connectivity index is 1.59. The summed E-state index contributed by atoms with van der Waals surface area (Å²) >= 11 is 0. The number of hydrogen-bond acceptors (Lipinski definition) is 14. The lowest BCUT2D eigenvalue weighted by Crippen LogP contribution is -2.58. The summed E-state index contributed by atoms with van der Waals surface area (Å²) in [4.78, 5) is 45.2. The van der Waals surface area contributed by atoms with Gasteiger partial charge in [-0.15, -0.1) is 0 Å². The van der Waals surface area contributed by atoms with Crippen molar-refractivity contribution in [2.24, 2.45) is 0 Å². The number of aromatic nitrogens is 2. The fourth-order valence-electron chi connectivity index (χ4n) is 3.46. The van der Waals surface area contributed by atoms with Gasteiger partial charge in [0.05, 0.1) is 19.3 Å². The average Bonchev–Trinajstić information content (AvgIpc) is 3.14. The molecule has 2 aliphatic heterocycles. The van der Waals surface area contributed by atoms with Crippen molar-refractivity contribution >= 4 is 15.6 Å². The minimum atomic E-state index is -5.54. The Hall–Kier alpha value is -1.34. The lowest BCUT2D eigenvalue weighted by molar-refractivity contribution is -0.280. The van der Waals surface area contributed by atoms with E-state index in [9.17, 15) is 48.9 Å². The van der Waals surface area contributed by atoms with Crippen molar-refractivity contribution in [2.75, 3.05) is 13.2 Å². The molecule has 10 atom stereocenters. The van der Waals surface area contributed by atoms with Crippen LogP contribution in [-0.4, -0.2) is 101 Å². The van der Waals surface area contributed by atoms with E-state index in [1.54, 1.807) is 0 Å². The van der Waals surface area contributed by atoms with E-state index in [-0.39, 0.29) is 12.0 Å². The maximum absolute atomic E-state index is 12.2. The highest BCUT2D eigenvalue weighted by Gasteiger charge is 2.48. The van der Waals surface area contributed by atoms with Gasteiger partial charge >= 0.3 is 21.3 Å². The molecule has 0 spiro atoms. The monoisotopic (exact) mass is 564 g/mol. The second-order valence-corrected chi connectivity index (χ2v) is 11.0. The fourth-order valence-corrected chi connectivity index (χ4v) is 5.62. The van der Waals surface area contributed by atoms with Gasteiger partial charge < -0.3 is 44.8 Å². The minimum Gasteiger partial charge on any atom is -0.394 e. The molecular weight excluding hydrogens is 538 g/mol. The van der Waals surface area contributed by atoms with Crippen molar-refractivity contribution in [3.63, 3.8) is 0 Å². The highest BCUT2D eigenvalue weighted by Crippen LogP contribution is 2.61. The predicted molar refractivity (Wildman–Crippen MR) is 112 cm³/mol. The molecule has 18 nitrogen and oxygen atoms in total. The van der Waals surface area contributed by atoms with Crippen molar-refractivity contribution in [1.29, 1.82) is 0 Å². The van der Waals surface area contributed by atoms with E-state index in [0.29, 0.717) is 0 Å². The van der Waals surface area contributed by atoms with Crippen molar-refractivity contribution in [2.45, 2.75) is 62.5 Å². The number of aryl methyl sites for hydroxylation is 1. The van der Waals surface area contributed by atoms with Gasteiger partial charge in [0.25, 0.3) is 5.56 Å². The quantitative estimate of drug-likeness (QED) is 0.135. The zero-order chi connectivity index (χ0) is 27.0. The molecule has 1 aromatic rings. The topological polar surface area (TPSA) is 277 Å². The molecule has 3 rings (SSSR count). The number of phosphoric ester groups is 2. The summed E-state index contributed by atoms with van der Waals surface area (Å²) in [6.07, 6.45) is -12.2. The van der Waals surface area contributed by atoms with Crippen molar-refractivity contribution < 1.29 is 67.3 Å². The molecule has 0 radical (unpaired) electrons. The molecule has 206 valence electrons. The molecule has 0 saturated carbocycles. The molecule has 0 amide bonds. The second-order valence-electron chi connectivity index (χ2n) is 8.03. The lowest BCUT2D eigenvalue weighted by atomic mass is 10.00. The van der Waals surface area contributed by atoms with E-state index in [1.165, 1.54) is 13.1 Å². The van der Waals surface area contributed by atoms with E-state index in [0.717, 1.165) is 4.57 Å². The summed E-state index contributed by atoms with van der Waals surface area (Å²) in [6, 6.07) is 0. The summed E-state index contributed by atoms with van der Waals surface area (Å²) in [5, 5.41) is 48.5. The number of rotatable bonds is 9. The number of hydrogen-bond donors (Lipinski definition) is 8. The molecule has 20 heteroatoms. The van der Waals surface area contributed by atoms with Crippen LogP contribution < -0.4 is 11.2 Å². The SMILES string of the molecule is Cc1cn(C2CC(O)C(COP(=O)(O)OP(=O)(O)OC3OC(CO)C(O)C(O)C3O)O2)c(=O)[nH]c1=O. The third-order valence-electron chi connectivity index (χ3n) is 5.35. The van der Waals surface area contributed by atoms with Gasteiger partial charge in [-0.1, -0.05) is 0 Å². The Morgan fingerprint density at radius 3 is 2.36 bits per heavy atom. The standard InChI is InChI=1S/C16H26N2O16P2/c1-6-3-18(16(25)17-14(6)24)10-2-7(20)9(31-10)5-30-35(26,27)34-36(28,29)33-15-13(23)12(22)11(21)8(4-19)32-15/h3,7-13,15,19-23H,2,4-5H2,1H3,(H,26,27)(H,28,29)(H,17,24,25). The molecule has 0 aromatic carbocycles. The van der Waals surface area contributed by atoms with E-state index in [1.807, 2.05) is 0 Å². The molecule has 8 N–H and O–H groups in total. The van der Waals surface area contributed by atoms with Crippen LogP contribution in [0.15, 0.2) is 15.8 Å². The average molecular weight is 564 g/mol. The Morgan fingerprint density at radius 1 is 1.06 bits per heavy atom. The van der Waals surface area contributed by atoms with Gasteiger partial charge in [-0.3, -0.25) is 23.4 Å². The third kappa shape index (κ3) is 6.75. The number of aliphatic hydroxyl groups is 5. The minimum absolute atomic E-state index is 0.172. The molecule has 0 aliphatic carbocycles. The number of aliphatic hydroxyl groups excluding tert-OH is 5. The van der Waals surface area contributed by atoms with Crippen LogP contribution >= 0.6 is 15.6 Å². The number of phosphoric acid groups is 2. The zero-order valence-corrected chi connectivity index (χ0v) is 20.3. The Labute approximate surface area is 201 Å². The van der Waals surface area contributed by atoms with Crippen LogP contribution in [0.5, 0.6) is 0 Å². The molecule has 1 aromatic heterocycles. The van der Waals surface area contributed by atoms with Crippen molar-refractivity contribution in [3.8, 4) is 0 Å². The van der Waals surface area contributed by atoms with Gasteiger partial charge in [-0.25, -0.2) is 13.9 Å². The second kappa shape index (κ2) is 11.2. The van der Waals surface area contributed by atoms with Gasteiger partial charge in [-0.2, -0.15) is 4.31 Å². The Kier molecular flexibility index (Phi) is 9.08. The first-order valence-electron chi connectivity index (χ1n) is 10.3. The first kappa shape index (κ1) is 29.2. The van der Waals surface area contributed by atoms with E-state index < -0.39 is 89.2 Å². The van der Waals surface area contributed by atoms with Crippen molar-refractivity contribution in [3.05, 3.63) is 32.6 Å². The first-order valence-corrected chi connectivity index (χ1v) is 13.3. The van der Waals surface area contributed by atoms with E-state index in [2.05, 4.69) is 18.3 Å². The summed E-state index contributed by atoms with van der Waals surface area (Å²) < 4.78 is 48.8. The smallest absolute Gasteiger partial charge is 0.394 e. The third-order valence-corrected chi connectivity index (χ3v) is 7.95. The first-order chi connectivity index (χ1) is 16.6. The highest BCUT2D eigenvalue weighted by atomic mass is 31.3. The molecule has 10 unspecified atom stereocenters. The Bertz CT molecular complexity index is 1140. The predicted octanol–water partition coefficient (Wildman–Crippen LogP) is -3.46. The number of H-pyrrole nitrogens is 1. The maximum Gasteiger partial charge on any atom is 0.483 e. The number of ether oxygens (including phenoxy) is 2. The van der Waals surface area contributed by atoms with Crippen LogP contribution in [0.2, 0.25) is 0 Å². The number of nitrogens with zero attached hydrogens (tertiary/aromatic N) is 1. The van der Waals surface area contributed by atoms with Crippen LogP contribution in [0, 0.1) is 6.92 Å². The number of aromatic amines is 1. The molecule has 36 heavy (non-hydrogen) atoms. The lowest BCUT2D eigenvalue weighted by Gasteiger charge is -2.39. The Morgan fingerprint density at radius 2 is 1.72 bits per heavy atom. The molecule has 3 heterocycles. The van der Waals surface area contributed by atoms with Crippen LogP contribution in [0.3, 0.4) is 0 Å². The molecule has 2 saturated heterocycles. The summed E-state index contributed by atoms with van der Waals surface area (Å²) in [6.45, 7) is -0.305. The normalized spacial score (nSPS) is 36.3. The largest absolute Gasteiger partial charge is 0.483 e. The molecule has 2 fully saturated rings. The van der Waals surface area contributed by atoms with Gasteiger partial charge in [0.15, 0.2) is 6.29 Å². The number of nitrogens with one attached hydrogen (secondary N) is 1.